The van der Waals surface area contributed by atoms with Crippen LogP contribution in [0.4, 0.5) is 5.82 Å². The molecule has 2 aromatic heterocycles. The van der Waals surface area contributed by atoms with E-state index in [2.05, 4.69) is 20.5 Å². The molecule has 0 bridgehead atoms. The van der Waals surface area contributed by atoms with E-state index in [9.17, 15) is 4.79 Å². The molecule has 0 aromatic carbocycles. The predicted molar refractivity (Wildman–Crippen MR) is 87.1 cm³/mol. The van der Waals surface area contributed by atoms with Gasteiger partial charge in [-0.2, -0.15) is 5.10 Å². The Morgan fingerprint density at radius 1 is 1.35 bits per heavy atom. The van der Waals surface area contributed by atoms with Crippen LogP contribution >= 0.6 is 0 Å². The van der Waals surface area contributed by atoms with Gasteiger partial charge in [-0.25, -0.2) is 0 Å². The van der Waals surface area contributed by atoms with Gasteiger partial charge in [0.2, 0.25) is 0 Å². The lowest BCUT2D eigenvalue weighted by molar-refractivity contribution is -0.127. The Morgan fingerprint density at radius 3 is 2.78 bits per heavy atom. The number of ether oxygens (including phenoxy) is 2. The van der Waals surface area contributed by atoms with E-state index in [4.69, 9.17) is 9.47 Å². The maximum Gasteiger partial charge on any atom is 0.254 e. The number of anilines is 1. The number of rotatable bonds is 8. The Labute approximate surface area is 135 Å². The van der Waals surface area contributed by atoms with Crippen LogP contribution in [0.2, 0.25) is 0 Å². The Bertz CT molecular complexity index is 628. The van der Waals surface area contributed by atoms with Crippen LogP contribution < -0.4 is 5.32 Å². The van der Waals surface area contributed by atoms with Gasteiger partial charge in [0.05, 0.1) is 18.9 Å². The van der Waals surface area contributed by atoms with Crippen molar-refractivity contribution in [1.82, 2.24) is 15.2 Å². The molecule has 0 spiro atoms. The van der Waals surface area contributed by atoms with Crippen LogP contribution in [0.5, 0.6) is 0 Å². The molecule has 1 atom stereocenters. The van der Waals surface area contributed by atoms with E-state index in [-0.39, 0.29) is 5.91 Å². The van der Waals surface area contributed by atoms with Crippen LogP contribution in [0.3, 0.4) is 0 Å². The van der Waals surface area contributed by atoms with E-state index in [1.54, 1.807) is 19.3 Å². The highest BCUT2D eigenvalue weighted by atomic mass is 16.5. The van der Waals surface area contributed by atoms with E-state index in [1.165, 1.54) is 0 Å². The van der Waals surface area contributed by atoms with Crippen LogP contribution in [0.1, 0.15) is 19.4 Å². The molecular weight excluding hydrogens is 296 g/mol. The lowest BCUT2D eigenvalue weighted by atomic mass is 10.1. The number of H-pyrrole nitrogens is 1. The van der Waals surface area contributed by atoms with Crippen molar-refractivity contribution in [2.24, 2.45) is 0 Å². The minimum absolute atomic E-state index is 0.239. The number of pyridine rings is 1. The number of amides is 1. The number of hydrogen-bond acceptors (Lipinski definition) is 5. The van der Waals surface area contributed by atoms with Gasteiger partial charge in [0.1, 0.15) is 6.10 Å². The Balaban J connectivity index is 1.95. The van der Waals surface area contributed by atoms with Crippen molar-refractivity contribution < 1.29 is 14.3 Å². The zero-order chi connectivity index (χ0) is 16.7. The topological polar surface area (TPSA) is 89.1 Å². The minimum atomic E-state index is -0.573. The standard InChI is InChI=1S/C16H22N4O3/c1-4-22-9-10-23-12(3)16(21)18-15-11(2)14(19-20-15)13-5-7-17-8-6-13/h5-8,12H,4,9-10H2,1-3H3,(H2,18,19,20,21)/t12-/m1/s1. The summed E-state index contributed by atoms with van der Waals surface area (Å²) in [6.07, 6.45) is 2.85. The first-order chi connectivity index (χ1) is 11.1. The van der Waals surface area contributed by atoms with Crippen molar-refractivity contribution in [1.29, 1.82) is 0 Å². The molecule has 2 aromatic rings. The number of nitrogens with zero attached hydrogens (tertiary/aromatic N) is 2. The largest absolute Gasteiger partial charge is 0.379 e. The molecule has 0 unspecified atom stereocenters. The molecule has 0 aliphatic heterocycles. The quantitative estimate of drug-likeness (QED) is 0.728. The van der Waals surface area contributed by atoms with Crippen LogP contribution in [0.15, 0.2) is 24.5 Å². The first kappa shape index (κ1) is 17.1. The summed E-state index contributed by atoms with van der Waals surface area (Å²) in [5, 5.41) is 9.89. The van der Waals surface area contributed by atoms with Crippen molar-refractivity contribution in [3.63, 3.8) is 0 Å². The minimum Gasteiger partial charge on any atom is -0.379 e. The van der Waals surface area contributed by atoms with Crippen molar-refractivity contribution in [2.45, 2.75) is 26.9 Å². The van der Waals surface area contributed by atoms with E-state index >= 15 is 0 Å². The molecule has 7 heteroatoms. The van der Waals surface area contributed by atoms with Gasteiger partial charge in [0.15, 0.2) is 5.82 Å². The van der Waals surface area contributed by atoms with Crippen molar-refractivity contribution in [3.05, 3.63) is 30.1 Å². The monoisotopic (exact) mass is 318 g/mol. The average molecular weight is 318 g/mol. The molecular formula is C16H22N4O3. The van der Waals surface area contributed by atoms with Crippen molar-refractivity contribution >= 4 is 11.7 Å². The first-order valence-corrected chi connectivity index (χ1v) is 7.59. The highest BCUT2D eigenvalue weighted by molar-refractivity contribution is 5.94. The summed E-state index contributed by atoms with van der Waals surface area (Å²) >= 11 is 0. The molecule has 23 heavy (non-hydrogen) atoms. The Kier molecular flexibility index (Phi) is 6.25. The summed E-state index contributed by atoms with van der Waals surface area (Å²) in [6.45, 7) is 7.00. The fraction of sp³-hybridized carbons (Fsp3) is 0.438. The van der Waals surface area contributed by atoms with Gasteiger partial charge < -0.3 is 14.8 Å². The third-order valence-electron chi connectivity index (χ3n) is 3.39. The summed E-state index contributed by atoms with van der Waals surface area (Å²) in [7, 11) is 0. The molecule has 0 fully saturated rings. The van der Waals surface area contributed by atoms with E-state index in [1.807, 2.05) is 26.0 Å². The molecule has 0 saturated carbocycles. The smallest absolute Gasteiger partial charge is 0.254 e. The normalized spacial score (nSPS) is 12.1. The molecule has 0 radical (unpaired) electrons. The first-order valence-electron chi connectivity index (χ1n) is 7.59. The van der Waals surface area contributed by atoms with Crippen molar-refractivity contribution in [3.8, 4) is 11.3 Å². The maximum absolute atomic E-state index is 12.1. The second-order valence-corrected chi connectivity index (χ2v) is 5.01. The van der Waals surface area contributed by atoms with Gasteiger partial charge in [-0.05, 0) is 32.9 Å². The lowest BCUT2D eigenvalue weighted by Gasteiger charge is -2.12. The highest BCUT2D eigenvalue weighted by Crippen LogP contribution is 2.25. The summed E-state index contributed by atoms with van der Waals surface area (Å²) in [5.74, 6) is 0.263. The van der Waals surface area contributed by atoms with Gasteiger partial charge in [-0.1, -0.05) is 0 Å². The van der Waals surface area contributed by atoms with E-state index < -0.39 is 6.10 Å². The number of hydrogen-bond donors (Lipinski definition) is 2. The molecule has 2 N–H and O–H groups in total. The zero-order valence-corrected chi connectivity index (χ0v) is 13.6. The third-order valence-corrected chi connectivity index (χ3v) is 3.39. The van der Waals surface area contributed by atoms with Crippen LogP contribution in [-0.2, 0) is 14.3 Å². The van der Waals surface area contributed by atoms with Gasteiger partial charge in [0, 0.05) is 30.1 Å². The summed E-state index contributed by atoms with van der Waals surface area (Å²) in [5.41, 5.74) is 2.69. The second kappa shape index (κ2) is 8.40. The lowest BCUT2D eigenvalue weighted by Crippen LogP contribution is -2.29. The number of nitrogens with one attached hydrogen (secondary N) is 2. The number of aromatic amines is 1. The molecule has 7 nitrogen and oxygen atoms in total. The van der Waals surface area contributed by atoms with Gasteiger partial charge in [-0.15, -0.1) is 0 Å². The highest BCUT2D eigenvalue weighted by Gasteiger charge is 2.17. The average Bonchev–Trinajstić information content (AvgIpc) is 2.93. The molecule has 124 valence electrons. The van der Waals surface area contributed by atoms with E-state index in [0.717, 1.165) is 16.8 Å². The van der Waals surface area contributed by atoms with Crippen molar-refractivity contribution in [2.75, 3.05) is 25.1 Å². The summed E-state index contributed by atoms with van der Waals surface area (Å²) in [4.78, 5) is 16.1. The van der Waals surface area contributed by atoms with Gasteiger partial charge >= 0.3 is 0 Å². The fourth-order valence-corrected chi connectivity index (χ4v) is 2.04. The van der Waals surface area contributed by atoms with Crippen LogP contribution in [-0.4, -0.2) is 47.0 Å². The maximum atomic E-state index is 12.1. The van der Waals surface area contributed by atoms with Crippen LogP contribution in [0.25, 0.3) is 11.3 Å². The molecule has 0 aliphatic carbocycles. The zero-order valence-electron chi connectivity index (χ0n) is 13.6. The summed E-state index contributed by atoms with van der Waals surface area (Å²) < 4.78 is 10.6. The van der Waals surface area contributed by atoms with Gasteiger partial charge in [0.25, 0.3) is 5.91 Å². The predicted octanol–water partition coefficient (Wildman–Crippen LogP) is 2.16. The molecule has 2 heterocycles. The molecule has 0 aliphatic rings. The van der Waals surface area contributed by atoms with Crippen LogP contribution in [0, 0.1) is 6.92 Å². The van der Waals surface area contributed by atoms with E-state index in [0.29, 0.717) is 25.6 Å². The fourth-order valence-electron chi connectivity index (χ4n) is 2.04. The number of carbonyl (C=O) groups excluding carboxylic acids is 1. The Hall–Kier alpha value is -2.25. The number of aromatic nitrogens is 3. The summed E-state index contributed by atoms with van der Waals surface area (Å²) in [6, 6.07) is 3.76. The second-order valence-electron chi connectivity index (χ2n) is 5.01. The number of carbonyl (C=O) groups is 1. The molecule has 1 amide bonds. The SMILES string of the molecule is CCOCCO[C@H](C)C(=O)Nc1n[nH]c(-c2ccncc2)c1C. The van der Waals surface area contributed by atoms with Gasteiger partial charge in [-0.3, -0.25) is 14.9 Å². The third kappa shape index (κ3) is 4.61. The Morgan fingerprint density at radius 2 is 2.09 bits per heavy atom. The molecule has 2 rings (SSSR count). The molecule has 0 saturated heterocycles.